The first-order valence-corrected chi connectivity index (χ1v) is 10.5. The van der Waals surface area contributed by atoms with Gasteiger partial charge in [0.2, 0.25) is 15.9 Å². The van der Waals surface area contributed by atoms with Crippen LogP contribution in [0.15, 0.2) is 57.4 Å². The predicted molar refractivity (Wildman–Crippen MR) is 101 cm³/mol. The average Bonchev–Trinajstić information content (AvgIpc) is 3.31. The van der Waals surface area contributed by atoms with Crippen LogP contribution in [0.2, 0.25) is 0 Å². The molecule has 3 aromatic rings. The molecule has 7 nitrogen and oxygen atoms in total. The van der Waals surface area contributed by atoms with Gasteiger partial charge in [0.05, 0.1) is 9.77 Å². The molecule has 0 unspecified atom stereocenters. The number of hydrogen-bond acceptors (Lipinski definition) is 7. The molecule has 0 bridgehead atoms. The number of hydrogen-bond donors (Lipinski definition) is 1. The lowest BCUT2D eigenvalue weighted by Crippen LogP contribution is -2.39. The van der Waals surface area contributed by atoms with E-state index >= 15 is 0 Å². The van der Waals surface area contributed by atoms with Gasteiger partial charge in [-0.1, -0.05) is 23.8 Å². The molecular weight excluding hydrogens is 388 g/mol. The molecule has 0 saturated carbocycles. The van der Waals surface area contributed by atoms with Crippen molar-refractivity contribution in [3.05, 3.63) is 59.3 Å². The zero-order chi connectivity index (χ0) is 19.4. The van der Waals surface area contributed by atoms with Gasteiger partial charge in [0, 0.05) is 0 Å². The van der Waals surface area contributed by atoms with Gasteiger partial charge in [0.25, 0.3) is 0 Å². The first kappa shape index (κ1) is 19.3. The summed E-state index contributed by atoms with van der Waals surface area (Å²) in [6, 6.07) is 9.05. The van der Waals surface area contributed by atoms with Crippen molar-refractivity contribution < 1.29 is 22.4 Å². The number of nitrogens with one attached hydrogen (secondary N) is 1. The van der Waals surface area contributed by atoms with Gasteiger partial charge in [-0.25, -0.2) is 13.4 Å². The molecular formula is C18H18N2O5S2. The van der Waals surface area contributed by atoms with Crippen molar-refractivity contribution in [2.24, 2.45) is 0 Å². The van der Waals surface area contributed by atoms with E-state index in [0.717, 1.165) is 10.4 Å². The maximum Gasteiger partial charge on any atom is 0.324 e. The third kappa shape index (κ3) is 4.82. The molecule has 9 heteroatoms. The van der Waals surface area contributed by atoms with Crippen LogP contribution in [-0.2, 0) is 26.2 Å². The van der Waals surface area contributed by atoms with Gasteiger partial charge < -0.3 is 9.15 Å². The summed E-state index contributed by atoms with van der Waals surface area (Å²) in [5.41, 5.74) is 1.39. The zero-order valence-electron chi connectivity index (χ0n) is 14.7. The molecule has 0 fully saturated rings. The fourth-order valence-corrected chi connectivity index (χ4v) is 4.07. The highest BCUT2D eigenvalue weighted by molar-refractivity contribution is 7.89. The van der Waals surface area contributed by atoms with Gasteiger partial charge >= 0.3 is 5.97 Å². The van der Waals surface area contributed by atoms with Gasteiger partial charge in [-0.3, -0.25) is 4.79 Å². The number of ether oxygens (including phenoxy) is 1. The third-order valence-electron chi connectivity index (χ3n) is 3.66. The molecule has 0 aliphatic heterocycles. The van der Waals surface area contributed by atoms with Gasteiger partial charge in [-0.05, 0) is 37.4 Å². The first-order valence-electron chi connectivity index (χ1n) is 8.09. The summed E-state index contributed by atoms with van der Waals surface area (Å²) >= 11 is 1.48. The normalized spacial score (nSPS) is 12.7. The number of oxazole rings is 1. The Morgan fingerprint density at radius 3 is 2.70 bits per heavy atom. The summed E-state index contributed by atoms with van der Waals surface area (Å²) in [4.78, 5) is 17.3. The summed E-state index contributed by atoms with van der Waals surface area (Å²) in [5.74, 6) is -0.254. The predicted octanol–water partition coefficient (Wildman–Crippen LogP) is 3.12. The second kappa shape index (κ2) is 8.03. The molecule has 1 N–H and O–H groups in total. The zero-order valence-corrected chi connectivity index (χ0v) is 16.3. The molecule has 0 spiro atoms. The van der Waals surface area contributed by atoms with Gasteiger partial charge in [0.1, 0.15) is 24.6 Å². The van der Waals surface area contributed by atoms with E-state index in [4.69, 9.17) is 9.15 Å². The highest BCUT2D eigenvalue weighted by atomic mass is 32.2. The Hall–Kier alpha value is -2.49. The standard InChI is InChI=1S/C18H18N2O5S2/c1-12-5-7-15(8-6-12)27(22,23)20-13(2)18(21)25-11-14-10-24-17(19-14)16-4-3-9-26-16/h3-10,13,20H,11H2,1-2H3/t13-/m0/s1. The van der Waals surface area contributed by atoms with Crippen molar-refractivity contribution >= 4 is 27.3 Å². The topological polar surface area (TPSA) is 98.5 Å². The quantitative estimate of drug-likeness (QED) is 0.605. The number of benzene rings is 1. The van der Waals surface area contributed by atoms with Crippen molar-refractivity contribution in [1.29, 1.82) is 0 Å². The number of rotatable bonds is 7. The van der Waals surface area contributed by atoms with Gasteiger partial charge in [0.15, 0.2) is 0 Å². The number of aromatic nitrogens is 1. The van der Waals surface area contributed by atoms with Gasteiger partial charge in [-0.15, -0.1) is 11.3 Å². The van der Waals surface area contributed by atoms with E-state index in [1.54, 1.807) is 12.1 Å². The van der Waals surface area contributed by atoms with Crippen molar-refractivity contribution in [2.75, 3.05) is 0 Å². The Bertz CT molecular complexity index is 1010. The number of carbonyl (C=O) groups excluding carboxylic acids is 1. The Morgan fingerprint density at radius 2 is 2.04 bits per heavy atom. The summed E-state index contributed by atoms with van der Waals surface area (Å²) in [5, 5.41) is 1.90. The number of thiophene rings is 1. The lowest BCUT2D eigenvalue weighted by Gasteiger charge is -2.13. The second-order valence-corrected chi connectivity index (χ2v) is 8.55. The van der Waals surface area contributed by atoms with Crippen molar-refractivity contribution in [1.82, 2.24) is 9.71 Å². The number of esters is 1. The maximum atomic E-state index is 12.3. The Labute approximate surface area is 161 Å². The molecule has 2 aromatic heterocycles. The van der Waals surface area contributed by atoms with Crippen molar-refractivity contribution in [3.63, 3.8) is 0 Å². The maximum absolute atomic E-state index is 12.3. The van der Waals surface area contributed by atoms with E-state index in [2.05, 4.69) is 9.71 Å². The molecule has 1 aromatic carbocycles. The van der Waals surface area contributed by atoms with E-state index in [-0.39, 0.29) is 11.5 Å². The summed E-state index contributed by atoms with van der Waals surface area (Å²) in [6.45, 7) is 3.18. The SMILES string of the molecule is Cc1ccc(S(=O)(=O)N[C@@H](C)C(=O)OCc2coc(-c3cccs3)n2)cc1. The van der Waals surface area contributed by atoms with Crippen LogP contribution in [0.25, 0.3) is 10.8 Å². The number of aryl methyl sites for hydroxylation is 1. The molecule has 0 radical (unpaired) electrons. The van der Waals surface area contributed by atoms with E-state index in [9.17, 15) is 13.2 Å². The van der Waals surface area contributed by atoms with Crippen LogP contribution < -0.4 is 4.72 Å². The minimum absolute atomic E-state index is 0.0878. The second-order valence-electron chi connectivity index (χ2n) is 5.89. The highest BCUT2D eigenvalue weighted by Gasteiger charge is 2.23. The number of carbonyl (C=O) groups is 1. The average molecular weight is 406 g/mol. The lowest BCUT2D eigenvalue weighted by molar-refractivity contribution is -0.146. The number of sulfonamides is 1. The van der Waals surface area contributed by atoms with Crippen LogP contribution in [0.1, 0.15) is 18.2 Å². The highest BCUT2D eigenvalue weighted by Crippen LogP contribution is 2.23. The summed E-state index contributed by atoms with van der Waals surface area (Å²) in [6.07, 6.45) is 1.41. The van der Waals surface area contributed by atoms with Crippen LogP contribution in [0, 0.1) is 6.92 Å². The Morgan fingerprint density at radius 1 is 1.30 bits per heavy atom. The third-order valence-corrected chi connectivity index (χ3v) is 6.08. The van der Waals surface area contributed by atoms with Crippen LogP contribution in [0.3, 0.4) is 0 Å². The van der Waals surface area contributed by atoms with Gasteiger partial charge in [-0.2, -0.15) is 4.72 Å². The monoisotopic (exact) mass is 406 g/mol. The minimum Gasteiger partial charge on any atom is -0.458 e. The van der Waals surface area contributed by atoms with E-state index in [1.165, 1.54) is 36.7 Å². The Kier molecular flexibility index (Phi) is 5.73. The molecule has 142 valence electrons. The molecule has 0 aliphatic rings. The van der Waals surface area contributed by atoms with E-state index in [1.807, 2.05) is 24.4 Å². The fourth-order valence-electron chi connectivity index (χ4n) is 2.22. The lowest BCUT2D eigenvalue weighted by atomic mass is 10.2. The van der Waals surface area contributed by atoms with E-state index < -0.39 is 22.0 Å². The van der Waals surface area contributed by atoms with Crippen molar-refractivity contribution in [3.8, 4) is 10.8 Å². The van der Waals surface area contributed by atoms with Crippen LogP contribution in [0.4, 0.5) is 0 Å². The summed E-state index contributed by atoms with van der Waals surface area (Å²) in [7, 11) is -3.81. The molecule has 3 rings (SSSR count). The molecule has 0 aliphatic carbocycles. The molecule has 0 amide bonds. The minimum atomic E-state index is -3.81. The molecule has 2 heterocycles. The Balaban J connectivity index is 1.57. The van der Waals surface area contributed by atoms with Crippen LogP contribution in [-0.4, -0.2) is 25.4 Å². The molecule has 1 atom stereocenters. The fraction of sp³-hybridized carbons (Fsp3) is 0.222. The van der Waals surface area contributed by atoms with E-state index in [0.29, 0.717) is 11.6 Å². The largest absolute Gasteiger partial charge is 0.458 e. The van der Waals surface area contributed by atoms with Crippen molar-refractivity contribution in [2.45, 2.75) is 31.4 Å². The van der Waals surface area contributed by atoms with Crippen LogP contribution in [0.5, 0.6) is 0 Å². The molecule has 0 saturated heterocycles. The smallest absolute Gasteiger partial charge is 0.324 e. The first-order chi connectivity index (χ1) is 12.8. The van der Waals surface area contributed by atoms with Crippen LogP contribution >= 0.6 is 11.3 Å². The number of nitrogens with zero attached hydrogens (tertiary/aromatic N) is 1. The molecule has 27 heavy (non-hydrogen) atoms. The summed E-state index contributed by atoms with van der Waals surface area (Å²) < 4.78 is 37.4.